The summed E-state index contributed by atoms with van der Waals surface area (Å²) < 4.78 is 9.90. The van der Waals surface area contributed by atoms with Crippen LogP contribution in [0.2, 0.25) is 0 Å². The van der Waals surface area contributed by atoms with Crippen molar-refractivity contribution in [3.8, 4) is 0 Å². The van der Waals surface area contributed by atoms with Crippen molar-refractivity contribution in [1.29, 1.82) is 0 Å². The lowest BCUT2D eigenvalue weighted by molar-refractivity contribution is 0.0659. The molecule has 1 aromatic rings. The van der Waals surface area contributed by atoms with Crippen LogP contribution in [-0.4, -0.2) is 47.8 Å². The summed E-state index contributed by atoms with van der Waals surface area (Å²) >= 11 is 0. The maximum atomic E-state index is 11.6. The van der Waals surface area contributed by atoms with Gasteiger partial charge in [-0.15, -0.1) is 0 Å². The van der Waals surface area contributed by atoms with E-state index in [9.17, 15) is 9.59 Å². The number of carbonyl (C=O) groups is 2. The Labute approximate surface area is 122 Å². The van der Waals surface area contributed by atoms with Crippen molar-refractivity contribution < 1.29 is 23.8 Å². The summed E-state index contributed by atoms with van der Waals surface area (Å²) in [6.07, 6.45) is 2.75. The molecular formula is C14H20N2O5. The average molecular weight is 296 g/mol. The molecule has 1 fully saturated rings. The van der Waals surface area contributed by atoms with Gasteiger partial charge in [0.05, 0.1) is 12.9 Å². The molecule has 0 aromatic carbocycles. The maximum absolute atomic E-state index is 11.6. The van der Waals surface area contributed by atoms with Crippen LogP contribution in [0.1, 0.15) is 35.9 Å². The SMILES string of the molecule is CCOC(=O)N1CCC(NCc2ccoc2C(=O)O)CC1. The van der Waals surface area contributed by atoms with Crippen molar-refractivity contribution >= 4 is 12.1 Å². The standard InChI is InChI=1S/C14H20N2O5/c1-2-20-14(19)16-6-3-11(4-7-16)15-9-10-5-8-21-12(10)13(17)18/h5,8,11,15H,2-4,6-7,9H2,1H3,(H,17,18). The number of carboxylic acids is 1. The number of hydrogen-bond acceptors (Lipinski definition) is 5. The number of hydrogen-bond donors (Lipinski definition) is 2. The summed E-state index contributed by atoms with van der Waals surface area (Å²) in [6, 6.07) is 1.91. The highest BCUT2D eigenvalue weighted by atomic mass is 16.6. The zero-order valence-corrected chi connectivity index (χ0v) is 12.0. The third kappa shape index (κ3) is 3.98. The van der Waals surface area contributed by atoms with Gasteiger partial charge in [0.1, 0.15) is 0 Å². The van der Waals surface area contributed by atoms with Gasteiger partial charge in [-0.05, 0) is 25.8 Å². The Morgan fingerprint density at radius 3 is 2.81 bits per heavy atom. The molecule has 21 heavy (non-hydrogen) atoms. The highest BCUT2D eigenvalue weighted by Gasteiger charge is 2.23. The van der Waals surface area contributed by atoms with Gasteiger partial charge >= 0.3 is 12.1 Å². The van der Waals surface area contributed by atoms with Crippen LogP contribution >= 0.6 is 0 Å². The predicted octanol–water partition coefficient (Wildman–Crippen LogP) is 1.69. The minimum Gasteiger partial charge on any atom is -0.475 e. The number of ether oxygens (including phenoxy) is 1. The molecule has 2 rings (SSSR count). The Balaban J connectivity index is 1.77. The second kappa shape index (κ2) is 7.12. The number of amides is 1. The number of carboxylic acid groups (broad SMARTS) is 1. The maximum Gasteiger partial charge on any atom is 0.409 e. The van der Waals surface area contributed by atoms with Gasteiger partial charge in [-0.3, -0.25) is 0 Å². The molecule has 0 bridgehead atoms. The van der Waals surface area contributed by atoms with Crippen molar-refractivity contribution in [3.63, 3.8) is 0 Å². The molecule has 7 heteroatoms. The summed E-state index contributed by atoms with van der Waals surface area (Å²) in [5.74, 6) is -1.08. The first-order valence-corrected chi connectivity index (χ1v) is 7.06. The molecule has 0 saturated carbocycles. The van der Waals surface area contributed by atoms with Crippen LogP contribution in [0, 0.1) is 0 Å². The Bertz CT molecular complexity index is 491. The number of furan rings is 1. The fourth-order valence-electron chi connectivity index (χ4n) is 2.40. The van der Waals surface area contributed by atoms with E-state index < -0.39 is 5.97 Å². The molecule has 2 heterocycles. The van der Waals surface area contributed by atoms with Crippen LogP contribution in [-0.2, 0) is 11.3 Å². The van der Waals surface area contributed by atoms with Crippen LogP contribution < -0.4 is 5.32 Å². The summed E-state index contributed by atoms with van der Waals surface area (Å²) in [5.41, 5.74) is 0.635. The van der Waals surface area contributed by atoms with E-state index in [0.29, 0.717) is 31.8 Å². The lowest BCUT2D eigenvalue weighted by Gasteiger charge is -2.31. The van der Waals surface area contributed by atoms with Gasteiger partial charge in [0, 0.05) is 31.2 Å². The molecule has 1 amide bonds. The highest BCUT2D eigenvalue weighted by molar-refractivity contribution is 5.86. The van der Waals surface area contributed by atoms with E-state index in [4.69, 9.17) is 14.3 Å². The van der Waals surface area contributed by atoms with Gasteiger partial charge < -0.3 is 24.5 Å². The molecule has 1 aliphatic heterocycles. The summed E-state index contributed by atoms with van der Waals surface area (Å²) in [7, 11) is 0. The van der Waals surface area contributed by atoms with E-state index in [2.05, 4.69) is 5.32 Å². The summed E-state index contributed by atoms with van der Waals surface area (Å²) in [6.45, 7) is 3.91. The lowest BCUT2D eigenvalue weighted by Crippen LogP contribution is -2.45. The van der Waals surface area contributed by atoms with Crippen molar-refractivity contribution in [2.45, 2.75) is 32.4 Å². The molecule has 0 aliphatic carbocycles. The molecule has 1 aliphatic rings. The van der Waals surface area contributed by atoms with E-state index in [0.717, 1.165) is 12.8 Å². The predicted molar refractivity (Wildman–Crippen MR) is 74.1 cm³/mol. The molecule has 0 atom stereocenters. The number of likely N-dealkylation sites (tertiary alicyclic amines) is 1. The number of carbonyl (C=O) groups excluding carboxylic acids is 1. The van der Waals surface area contributed by atoms with Crippen LogP contribution in [0.25, 0.3) is 0 Å². The van der Waals surface area contributed by atoms with Crippen molar-refractivity contribution in [2.24, 2.45) is 0 Å². The lowest BCUT2D eigenvalue weighted by atomic mass is 10.1. The summed E-state index contributed by atoms with van der Waals surface area (Å²) in [5, 5.41) is 12.3. The van der Waals surface area contributed by atoms with Crippen LogP contribution in [0.15, 0.2) is 16.7 Å². The molecule has 116 valence electrons. The van der Waals surface area contributed by atoms with Crippen LogP contribution in [0.5, 0.6) is 0 Å². The highest BCUT2D eigenvalue weighted by Crippen LogP contribution is 2.14. The first kappa shape index (κ1) is 15.4. The van der Waals surface area contributed by atoms with Gasteiger partial charge in [0.2, 0.25) is 5.76 Å². The van der Waals surface area contributed by atoms with Crippen molar-refractivity contribution in [2.75, 3.05) is 19.7 Å². The van der Waals surface area contributed by atoms with E-state index in [1.165, 1.54) is 6.26 Å². The Morgan fingerprint density at radius 2 is 2.19 bits per heavy atom. The smallest absolute Gasteiger partial charge is 0.409 e. The second-order valence-corrected chi connectivity index (χ2v) is 4.92. The largest absolute Gasteiger partial charge is 0.475 e. The Hall–Kier alpha value is -2.02. The van der Waals surface area contributed by atoms with E-state index in [1.54, 1.807) is 17.9 Å². The van der Waals surface area contributed by atoms with Gasteiger partial charge in [0.25, 0.3) is 0 Å². The monoisotopic (exact) mass is 296 g/mol. The number of rotatable bonds is 5. The normalized spacial score (nSPS) is 16.0. The van der Waals surface area contributed by atoms with E-state index in [-0.39, 0.29) is 17.9 Å². The minimum atomic E-state index is -1.06. The van der Waals surface area contributed by atoms with Gasteiger partial charge in [-0.1, -0.05) is 0 Å². The van der Waals surface area contributed by atoms with E-state index in [1.807, 2.05) is 0 Å². The fourth-order valence-corrected chi connectivity index (χ4v) is 2.40. The van der Waals surface area contributed by atoms with Crippen LogP contribution in [0.4, 0.5) is 4.79 Å². The second-order valence-electron chi connectivity index (χ2n) is 4.92. The molecule has 7 nitrogen and oxygen atoms in total. The topological polar surface area (TPSA) is 92.0 Å². The van der Waals surface area contributed by atoms with Gasteiger partial charge in [-0.2, -0.15) is 0 Å². The van der Waals surface area contributed by atoms with Crippen LogP contribution in [0.3, 0.4) is 0 Å². The Morgan fingerprint density at radius 1 is 1.48 bits per heavy atom. The average Bonchev–Trinajstić information content (AvgIpc) is 2.94. The number of nitrogens with one attached hydrogen (secondary N) is 1. The molecule has 2 N–H and O–H groups in total. The molecule has 0 unspecified atom stereocenters. The van der Waals surface area contributed by atoms with Gasteiger partial charge in [0.15, 0.2) is 0 Å². The first-order valence-electron chi connectivity index (χ1n) is 7.06. The minimum absolute atomic E-state index is 0.0218. The molecule has 1 saturated heterocycles. The molecule has 0 spiro atoms. The third-order valence-electron chi connectivity index (χ3n) is 3.54. The zero-order valence-electron chi connectivity index (χ0n) is 12.0. The number of piperidine rings is 1. The van der Waals surface area contributed by atoms with Crippen molar-refractivity contribution in [1.82, 2.24) is 10.2 Å². The third-order valence-corrected chi connectivity index (χ3v) is 3.54. The summed E-state index contributed by atoms with van der Waals surface area (Å²) in [4.78, 5) is 24.2. The molecule has 0 radical (unpaired) electrons. The van der Waals surface area contributed by atoms with Gasteiger partial charge in [-0.25, -0.2) is 9.59 Å². The number of aromatic carboxylic acids is 1. The molecular weight excluding hydrogens is 276 g/mol. The Kier molecular flexibility index (Phi) is 5.21. The fraction of sp³-hybridized carbons (Fsp3) is 0.571. The molecule has 1 aromatic heterocycles. The number of nitrogens with zero attached hydrogens (tertiary/aromatic N) is 1. The quantitative estimate of drug-likeness (QED) is 0.859. The van der Waals surface area contributed by atoms with Crippen molar-refractivity contribution in [3.05, 3.63) is 23.7 Å². The first-order chi connectivity index (χ1) is 10.1. The zero-order chi connectivity index (χ0) is 15.2. The van der Waals surface area contributed by atoms with E-state index >= 15 is 0 Å².